The van der Waals surface area contributed by atoms with Crippen molar-refractivity contribution >= 4 is 11.7 Å². The number of unbranched alkanes of at least 4 members (excludes halogenated alkanes) is 1. The maximum atomic E-state index is 10.3. The summed E-state index contributed by atoms with van der Waals surface area (Å²) < 4.78 is 0. The summed E-state index contributed by atoms with van der Waals surface area (Å²) in [4.78, 5) is 14.7. The first-order valence-electron chi connectivity index (χ1n) is 3.88. The standard InChI is InChI=1S/C8H15NO2/c1-4-5-6-7(2)9-11-8(3)10/h4-6H2,1-3H3/b9-7-. The van der Waals surface area contributed by atoms with Crippen molar-refractivity contribution < 1.29 is 9.63 Å². The van der Waals surface area contributed by atoms with Gasteiger partial charge >= 0.3 is 5.97 Å². The number of oxime groups is 1. The Morgan fingerprint density at radius 1 is 1.45 bits per heavy atom. The minimum absolute atomic E-state index is 0.360. The van der Waals surface area contributed by atoms with E-state index in [1.165, 1.54) is 6.92 Å². The molecule has 0 aliphatic carbocycles. The zero-order chi connectivity index (χ0) is 8.69. The van der Waals surface area contributed by atoms with Crippen LogP contribution in [0.5, 0.6) is 0 Å². The molecule has 0 atom stereocenters. The monoisotopic (exact) mass is 157 g/mol. The summed E-state index contributed by atoms with van der Waals surface area (Å²) in [6.45, 7) is 5.31. The first-order chi connectivity index (χ1) is 5.16. The van der Waals surface area contributed by atoms with E-state index in [-0.39, 0.29) is 5.97 Å². The third-order valence-corrected chi connectivity index (χ3v) is 1.22. The summed E-state index contributed by atoms with van der Waals surface area (Å²) >= 11 is 0. The molecule has 0 aromatic carbocycles. The van der Waals surface area contributed by atoms with Gasteiger partial charge in [-0.15, -0.1) is 0 Å². The minimum atomic E-state index is -0.360. The van der Waals surface area contributed by atoms with Crippen LogP contribution in [0.1, 0.15) is 40.0 Å². The second kappa shape index (κ2) is 5.89. The molecule has 0 bridgehead atoms. The molecule has 0 aromatic heterocycles. The highest BCUT2D eigenvalue weighted by molar-refractivity contribution is 5.82. The highest BCUT2D eigenvalue weighted by Gasteiger charge is 1.93. The fourth-order valence-electron chi connectivity index (χ4n) is 0.620. The molecule has 0 spiro atoms. The second-order valence-corrected chi connectivity index (χ2v) is 2.51. The van der Waals surface area contributed by atoms with Crippen LogP contribution in [0.15, 0.2) is 5.16 Å². The lowest BCUT2D eigenvalue weighted by Crippen LogP contribution is -1.97. The Morgan fingerprint density at radius 2 is 2.09 bits per heavy atom. The Labute approximate surface area is 67.4 Å². The smallest absolute Gasteiger partial charge is 0.319 e. The molecule has 0 unspecified atom stereocenters. The van der Waals surface area contributed by atoms with Crippen LogP contribution in [0.25, 0.3) is 0 Å². The summed E-state index contributed by atoms with van der Waals surface area (Å²) in [5, 5.41) is 3.63. The largest absolute Gasteiger partial charge is 0.331 e. The van der Waals surface area contributed by atoms with Crippen LogP contribution in [0.4, 0.5) is 0 Å². The van der Waals surface area contributed by atoms with Gasteiger partial charge in [0.1, 0.15) is 0 Å². The van der Waals surface area contributed by atoms with Gasteiger partial charge in [0.05, 0.1) is 5.71 Å². The lowest BCUT2D eigenvalue weighted by molar-refractivity contribution is -0.140. The minimum Gasteiger partial charge on any atom is -0.319 e. The van der Waals surface area contributed by atoms with Crippen LogP contribution in [-0.2, 0) is 9.63 Å². The second-order valence-electron chi connectivity index (χ2n) is 2.51. The predicted molar refractivity (Wildman–Crippen MR) is 44.4 cm³/mol. The summed E-state index contributed by atoms with van der Waals surface area (Å²) in [5.41, 5.74) is 0.877. The maximum absolute atomic E-state index is 10.3. The quantitative estimate of drug-likeness (QED) is 0.356. The van der Waals surface area contributed by atoms with E-state index in [1.54, 1.807) is 0 Å². The van der Waals surface area contributed by atoms with E-state index in [2.05, 4.69) is 16.9 Å². The predicted octanol–water partition coefficient (Wildman–Crippen LogP) is 2.12. The fourth-order valence-corrected chi connectivity index (χ4v) is 0.620. The van der Waals surface area contributed by atoms with Gasteiger partial charge in [-0.3, -0.25) is 0 Å². The first-order valence-corrected chi connectivity index (χ1v) is 3.88. The molecule has 3 nitrogen and oxygen atoms in total. The molecule has 0 aromatic rings. The normalized spacial score (nSPS) is 11.4. The van der Waals surface area contributed by atoms with E-state index in [1.807, 2.05) is 6.92 Å². The highest BCUT2D eigenvalue weighted by atomic mass is 16.7. The Morgan fingerprint density at radius 3 is 2.55 bits per heavy atom. The van der Waals surface area contributed by atoms with Crippen molar-refractivity contribution in [2.75, 3.05) is 0 Å². The molecule has 64 valence electrons. The van der Waals surface area contributed by atoms with E-state index >= 15 is 0 Å². The molecule has 0 rings (SSSR count). The molecule has 0 amide bonds. The lowest BCUT2D eigenvalue weighted by Gasteiger charge is -1.96. The molecule has 0 aliphatic rings. The molecule has 0 aliphatic heterocycles. The topological polar surface area (TPSA) is 38.7 Å². The van der Waals surface area contributed by atoms with Gasteiger partial charge in [-0.25, -0.2) is 4.79 Å². The van der Waals surface area contributed by atoms with Gasteiger partial charge in [-0.2, -0.15) is 0 Å². The third kappa shape index (κ3) is 7.03. The van der Waals surface area contributed by atoms with Crippen LogP contribution in [0, 0.1) is 0 Å². The molecule has 0 saturated heterocycles. The Bertz CT molecular complexity index is 152. The van der Waals surface area contributed by atoms with Crippen molar-refractivity contribution in [1.82, 2.24) is 0 Å². The summed E-state index contributed by atoms with van der Waals surface area (Å²) in [5.74, 6) is -0.360. The molecule has 0 heterocycles. The maximum Gasteiger partial charge on any atom is 0.331 e. The molecule has 0 radical (unpaired) electrons. The average molecular weight is 157 g/mol. The average Bonchev–Trinajstić information content (AvgIpc) is 1.97. The first kappa shape index (κ1) is 10.1. The van der Waals surface area contributed by atoms with E-state index in [4.69, 9.17) is 0 Å². The van der Waals surface area contributed by atoms with Crippen molar-refractivity contribution in [3.63, 3.8) is 0 Å². The molecule has 0 N–H and O–H groups in total. The molecule has 0 fully saturated rings. The molecular formula is C8H15NO2. The fraction of sp³-hybridized carbons (Fsp3) is 0.750. The number of hydrogen-bond donors (Lipinski definition) is 0. The molecule has 3 heteroatoms. The Kier molecular flexibility index (Phi) is 5.43. The van der Waals surface area contributed by atoms with E-state index in [9.17, 15) is 4.79 Å². The van der Waals surface area contributed by atoms with E-state index in [0.29, 0.717) is 0 Å². The van der Waals surface area contributed by atoms with Crippen molar-refractivity contribution in [2.24, 2.45) is 5.16 Å². The van der Waals surface area contributed by atoms with Crippen LogP contribution < -0.4 is 0 Å². The van der Waals surface area contributed by atoms with Crippen LogP contribution in [0.3, 0.4) is 0 Å². The number of rotatable bonds is 4. The Balaban J connectivity index is 3.54. The van der Waals surface area contributed by atoms with Gasteiger partial charge in [-0.1, -0.05) is 18.5 Å². The van der Waals surface area contributed by atoms with Gasteiger partial charge in [-0.05, 0) is 19.8 Å². The van der Waals surface area contributed by atoms with Crippen LogP contribution >= 0.6 is 0 Å². The Hall–Kier alpha value is -0.860. The zero-order valence-electron chi connectivity index (χ0n) is 7.39. The van der Waals surface area contributed by atoms with Crippen LogP contribution in [-0.4, -0.2) is 11.7 Å². The van der Waals surface area contributed by atoms with Crippen LogP contribution in [0.2, 0.25) is 0 Å². The third-order valence-electron chi connectivity index (χ3n) is 1.22. The molecule has 11 heavy (non-hydrogen) atoms. The van der Waals surface area contributed by atoms with Gasteiger partial charge in [0.15, 0.2) is 0 Å². The van der Waals surface area contributed by atoms with Crippen molar-refractivity contribution in [3.05, 3.63) is 0 Å². The van der Waals surface area contributed by atoms with Gasteiger partial charge in [0.2, 0.25) is 0 Å². The SMILES string of the molecule is CCCC/C(C)=N\OC(C)=O. The van der Waals surface area contributed by atoms with E-state index in [0.717, 1.165) is 25.0 Å². The lowest BCUT2D eigenvalue weighted by atomic mass is 10.2. The molecule has 0 saturated carbocycles. The molecular weight excluding hydrogens is 142 g/mol. The summed E-state index contributed by atoms with van der Waals surface area (Å²) in [6, 6.07) is 0. The van der Waals surface area contributed by atoms with E-state index < -0.39 is 0 Å². The number of nitrogens with zero attached hydrogens (tertiary/aromatic N) is 1. The summed E-state index contributed by atoms with van der Waals surface area (Å²) in [7, 11) is 0. The van der Waals surface area contributed by atoms with Crippen molar-refractivity contribution in [3.8, 4) is 0 Å². The number of carbonyl (C=O) groups is 1. The summed E-state index contributed by atoms with van der Waals surface area (Å²) in [6.07, 6.45) is 3.13. The zero-order valence-corrected chi connectivity index (χ0v) is 7.39. The number of hydrogen-bond acceptors (Lipinski definition) is 3. The number of carbonyl (C=O) groups excluding carboxylic acids is 1. The van der Waals surface area contributed by atoms with Gasteiger partial charge < -0.3 is 4.84 Å². The van der Waals surface area contributed by atoms with Gasteiger partial charge in [0, 0.05) is 6.92 Å². The van der Waals surface area contributed by atoms with Gasteiger partial charge in [0.25, 0.3) is 0 Å². The highest BCUT2D eigenvalue weighted by Crippen LogP contribution is 1.96. The van der Waals surface area contributed by atoms with Crippen molar-refractivity contribution in [1.29, 1.82) is 0 Å². The van der Waals surface area contributed by atoms with Crippen molar-refractivity contribution in [2.45, 2.75) is 40.0 Å².